The number of hydrogen-bond acceptors (Lipinski definition) is 6. The number of methoxy groups -OCH3 is 3. The maximum atomic E-state index is 5.45. The van der Waals surface area contributed by atoms with Gasteiger partial charge in [-0.2, -0.15) is 25.3 Å². The van der Waals surface area contributed by atoms with E-state index in [-0.39, 0.29) is 12.0 Å². The molecule has 1 aromatic carbocycles. The van der Waals surface area contributed by atoms with Crippen molar-refractivity contribution in [3.05, 3.63) is 17.7 Å². The number of hydrogen-bond donors (Lipinski definition) is 2. The predicted molar refractivity (Wildman–Crippen MR) is 77.6 cm³/mol. The molecule has 0 aliphatic carbocycles. The van der Waals surface area contributed by atoms with Gasteiger partial charge in [-0.3, -0.25) is 0 Å². The Morgan fingerprint density at radius 1 is 1.11 bits per heavy atom. The third-order valence-electron chi connectivity index (χ3n) is 2.36. The molecule has 0 aliphatic rings. The Kier molecular flexibility index (Phi) is 6.52. The van der Waals surface area contributed by atoms with Crippen molar-refractivity contribution in [2.24, 2.45) is 0 Å². The molecule has 0 fully saturated rings. The number of ether oxygens (including phenoxy) is 4. The van der Waals surface area contributed by atoms with Crippen LogP contribution in [0, 0.1) is 0 Å². The third-order valence-corrected chi connectivity index (χ3v) is 3.50. The second kappa shape index (κ2) is 7.66. The first-order chi connectivity index (χ1) is 8.67. The first kappa shape index (κ1) is 15.3. The lowest BCUT2D eigenvalue weighted by Crippen LogP contribution is -2.04. The number of thiol groups is 2. The zero-order chi connectivity index (χ0) is 13.5. The molecule has 0 saturated carbocycles. The molecule has 0 heterocycles. The monoisotopic (exact) mass is 290 g/mol. The lowest BCUT2D eigenvalue weighted by atomic mass is 10.1. The van der Waals surface area contributed by atoms with Crippen LogP contribution in [0.1, 0.15) is 10.8 Å². The molecular weight excluding hydrogens is 272 g/mol. The minimum Gasteiger partial charge on any atom is -0.493 e. The molecule has 0 saturated heterocycles. The summed E-state index contributed by atoms with van der Waals surface area (Å²) in [4.78, 5) is 0. The van der Waals surface area contributed by atoms with Gasteiger partial charge in [0, 0.05) is 18.1 Å². The highest BCUT2D eigenvalue weighted by Gasteiger charge is 2.16. The molecule has 0 amide bonds. The van der Waals surface area contributed by atoms with Crippen molar-refractivity contribution in [3.63, 3.8) is 0 Å². The summed E-state index contributed by atoms with van der Waals surface area (Å²) in [7, 11) is 4.71. The van der Waals surface area contributed by atoms with Gasteiger partial charge < -0.3 is 18.9 Å². The molecule has 0 spiro atoms. The summed E-state index contributed by atoms with van der Waals surface area (Å²) >= 11 is 8.67. The van der Waals surface area contributed by atoms with Gasteiger partial charge in [0.15, 0.2) is 18.3 Å². The molecule has 1 aromatic rings. The normalized spacial score (nSPS) is 12.1. The van der Waals surface area contributed by atoms with Crippen molar-refractivity contribution in [2.75, 3.05) is 33.9 Å². The van der Waals surface area contributed by atoms with Crippen molar-refractivity contribution >= 4 is 25.3 Å². The summed E-state index contributed by atoms with van der Waals surface area (Å²) in [5.74, 6) is 2.31. The molecule has 18 heavy (non-hydrogen) atoms. The first-order valence-corrected chi connectivity index (χ1v) is 6.49. The van der Waals surface area contributed by atoms with E-state index in [1.807, 2.05) is 12.1 Å². The van der Waals surface area contributed by atoms with Crippen LogP contribution < -0.4 is 14.2 Å². The van der Waals surface area contributed by atoms with E-state index in [1.54, 1.807) is 21.3 Å². The summed E-state index contributed by atoms with van der Waals surface area (Å²) < 4.78 is 20.9. The molecule has 102 valence electrons. The van der Waals surface area contributed by atoms with Gasteiger partial charge in [-0.15, -0.1) is 0 Å². The van der Waals surface area contributed by atoms with Gasteiger partial charge in [0.1, 0.15) is 0 Å². The van der Waals surface area contributed by atoms with Crippen LogP contribution in [0.5, 0.6) is 17.2 Å². The lowest BCUT2D eigenvalue weighted by Gasteiger charge is -2.17. The SMILES string of the molecule is COCOc1c(OC)cc(C(S)CS)cc1OC. The smallest absolute Gasteiger partial charge is 0.206 e. The van der Waals surface area contributed by atoms with E-state index >= 15 is 0 Å². The van der Waals surface area contributed by atoms with Crippen LogP contribution in [0.2, 0.25) is 0 Å². The van der Waals surface area contributed by atoms with Crippen molar-refractivity contribution < 1.29 is 18.9 Å². The third kappa shape index (κ3) is 3.63. The maximum absolute atomic E-state index is 5.45. The Morgan fingerprint density at radius 3 is 2.06 bits per heavy atom. The quantitative estimate of drug-likeness (QED) is 0.598. The zero-order valence-corrected chi connectivity index (χ0v) is 12.5. The van der Waals surface area contributed by atoms with Crippen molar-refractivity contribution in [1.29, 1.82) is 0 Å². The van der Waals surface area contributed by atoms with E-state index in [9.17, 15) is 0 Å². The van der Waals surface area contributed by atoms with Gasteiger partial charge in [-0.05, 0) is 17.7 Å². The van der Waals surface area contributed by atoms with E-state index in [4.69, 9.17) is 18.9 Å². The van der Waals surface area contributed by atoms with Crippen molar-refractivity contribution in [3.8, 4) is 17.2 Å². The average molecular weight is 290 g/mol. The minimum absolute atomic E-state index is 0.00704. The first-order valence-electron chi connectivity index (χ1n) is 5.34. The van der Waals surface area contributed by atoms with Crippen LogP contribution in [0.25, 0.3) is 0 Å². The Balaban J connectivity index is 3.16. The van der Waals surface area contributed by atoms with Gasteiger partial charge in [0.05, 0.1) is 14.2 Å². The van der Waals surface area contributed by atoms with E-state index in [0.717, 1.165) is 5.56 Å². The summed E-state index contributed by atoms with van der Waals surface area (Å²) in [5, 5.41) is 0.00704. The Hall–Kier alpha value is -0.720. The van der Waals surface area contributed by atoms with E-state index < -0.39 is 0 Å². The van der Waals surface area contributed by atoms with Crippen LogP contribution in [0.15, 0.2) is 12.1 Å². The highest BCUT2D eigenvalue weighted by atomic mass is 32.1. The van der Waals surface area contributed by atoms with Crippen LogP contribution in [0.3, 0.4) is 0 Å². The van der Waals surface area contributed by atoms with Crippen LogP contribution in [-0.4, -0.2) is 33.9 Å². The minimum atomic E-state index is 0.00704. The van der Waals surface area contributed by atoms with Crippen molar-refractivity contribution in [2.45, 2.75) is 5.25 Å². The summed E-state index contributed by atoms with van der Waals surface area (Å²) in [6, 6.07) is 3.72. The molecule has 0 radical (unpaired) electrons. The molecule has 0 aromatic heterocycles. The molecule has 1 unspecified atom stereocenters. The van der Waals surface area contributed by atoms with E-state index in [2.05, 4.69) is 25.3 Å². The standard InChI is InChI=1S/C12H18O4S2/c1-13-7-16-12-9(14-2)4-8(11(18)6-17)5-10(12)15-3/h4-5,11,17-18H,6-7H2,1-3H3. The molecule has 1 atom stereocenters. The zero-order valence-electron chi connectivity index (χ0n) is 10.7. The average Bonchev–Trinajstić information content (AvgIpc) is 2.43. The van der Waals surface area contributed by atoms with Crippen molar-refractivity contribution in [1.82, 2.24) is 0 Å². The number of benzene rings is 1. The molecule has 0 N–H and O–H groups in total. The summed E-state index contributed by atoms with van der Waals surface area (Å²) in [6.07, 6.45) is 0. The highest BCUT2D eigenvalue weighted by molar-refractivity contribution is 7.84. The molecule has 4 nitrogen and oxygen atoms in total. The largest absolute Gasteiger partial charge is 0.493 e. The Morgan fingerprint density at radius 2 is 1.67 bits per heavy atom. The van der Waals surface area contributed by atoms with Gasteiger partial charge in [-0.25, -0.2) is 0 Å². The summed E-state index contributed by atoms with van der Waals surface area (Å²) in [6.45, 7) is 0.128. The molecule has 0 bridgehead atoms. The molecule has 1 rings (SSSR count). The predicted octanol–water partition coefficient (Wildman–Crippen LogP) is 2.59. The van der Waals surface area contributed by atoms with Gasteiger partial charge >= 0.3 is 0 Å². The summed E-state index contributed by atoms with van der Waals surface area (Å²) in [5.41, 5.74) is 0.965. The van der Waals surface area contributed by atoms with Gasteiger partial charge in [0.25, 0.3) is 0 Å². The molecule has 6 heteroatoms. The molecule has 0 aliphatic heterocycles. The van der Waals surface area contributed by atoms with Crippen LogP contribution >= 0.6 is 25.3 Å². The lowest BCUT2D eigenvalue weighted by molar-refractivity contribution is 0.0471. The number of rotatable bonds is 7. The van der Waals surface area contributed by atoms with Gasteiger partial charge in [0.2, 0.25) is 5.75 Å². The fourth-order valence-corrected chi connectivity index (χ4v) is 1.82. The highest BCUT2D eigenvalue weighted by Crippen LogP contribution is 2.41. The van der Waals surface area contributed by atoms with E-state index in [0.29, 0.717) is 23.0 Å². The van der Waals surface area contributed by atoms with Crippen LogP contribution in [0.4, 0.5) is 0 Å². The fourth-order valence-electron chi connectivity index (χ4n) is 1.46. The second-order valence-corrected chi connectivity index (χ2v) is 4.49. The second-order valence-electron chi connectivity index (χ2n) is 3.50. The maximum Gasteiger partial charge on any atom is 0.206 e. The Bertz CT molecular complexity index is 359. The Labute approximate surface area is 118 Å². The molecular formula is C12H18O4S2. The van der Waals surface area contributed by atoms with E-state index in [1.165, 1.54) is 0 Å². The topological polar surface area (TPSA) is 36.9 Å². The fraction of sp³-hybridized carbons (Fsp3) is 0.500. The van der Waals surface area contributed by atoms with Crippen LogP contribution in [-0.2, 0) is 4.74 Å². The van der Waals surface area contributed by atoms with Gasteiger partial charge in [-0.1, -0.05) is 0 Å².